The van der Waals surface area contributed by atoms with E-state index in [0.717, 1.165) is 46.8 Å². The number of rotatable bonds is 5. The van der Waals surface area contributed by atoms with Gasteiger partial charge in [0.2, 0.25) is 0 Å². The maximum Gasteiger partial charge on any atom is 0.170 e. The van der Waals surface area contributed by atoms with Gasteiger partial charge in [-0.1, -0.05) is 24.1 Å². The predicted octanol–water partition coefficient (Wildman–Crippen LogP) is 3.87. The normalized spacial score (nSPS) is 17.1. The third-order valence-corrected chi connectivity index (χ3v) is 5.64. The average molecular weight is 425 g/mol. The lowest BCUT2D eigenvalue weighted by Crippen LogP contribution is -2.32. The minimum atomic E-state index is -0.752. The molecule has 1 N–H and O–H groups in total. The van der Waals surface area contributed by atoms with Gasteiger partial charge < -0.3 is 9.84 Å². The number of likely N-dealkylation sites (tertiary alicyclic amines) is 1. The fraction of sp³-hybridized carbons (Fsp3) is 0.240. The molecule has 0 amide bonds. The van der Waals surface area contributed by atoms with Gasteiger partial charge in [0.1, 0.15) is 23.5 Å². The highest BCUT2D eigenvalue weighted by Crippen LogP contribution is 2.32. The Balaban J connectivity index is 1.43. The van der Waals surface area contributed by atoms with E-state index in [1.54, 1.807) is 19.4 Å². The van der Waals surface area contributed by atoms with Gasteiger partial charge in [0.15, 0.2) is 11.9 Å². The maximum atomic E-state index is 10.2. The fourth-order valence-corrected chi connectivity index (χ4v) is 4.07. The molecule has 5 rings (SSSR count). The highest BCUT2D eigenvalue weighted by molar-refractivity contribution is 5.90. The Morgan fingerprint density at radius 2 is 1.88 bits per heavy atom. The third-order valence-electron chi connectivity index (χ3n) is 5.64. The number of nitrogens with zero attached hydrogens (tertiary/aromatic N) is 5. The van der Waals surface area contributed by atoms with Crippen molar-refractivity contribution >= 4 is 11.0 Å². The van der Waals surface area contributed by atoms with E-state index in [1.807, 2.05) is 64.2 Å². The number of benzene rings is 2. The number of fused-ring (bicyclic) bond motifs is 1. The van der Waals surface area contributed by atoms with Crippen molar-refractivity contribution in [3.05, 3.63) is 67.1 Å². The van der Waals surface area contributed by atoms with Crippen molar-refractivity contribution in [2.24, 2.45) is 0 Å². The molecule has 1 aliphatic rings. The zero-order valence-electron chi connectivity index (χ0n) is 17.7. The first-order valence-electron chi connectivity index (χ1n) is 10.6. The van der Waals surface area contributed by atoms with Gasteiger partial charge in [0.05, 0.1) is 11.4 Å². The summed E-state index contributed by atoms with van der Waals surface area (Å²) in [4.78, 5) is 10.7. The van der Waals surface area contributed by atoms with Crippen molar-refractivity contribution in [3.63, 3.8) is 0 Å². The molecule has 32 heavy (non-hydrogen) atoms. The van der Waals surface area contributed by atoms with E-state index in [2.05, 4.69) is 21.8 Å². The summed E-state index contributed by atoms with van der Waals surface area (Å²) >= 11 is 0. The molecule has 0 spiro atoms. The van der Waals surface area contributed by atoms with Crippen molar-refractivity contribution in [1.82, 2.24) is 24.6 Å². The van der Waals surface area contributed by atoms with Gasteiger partial charge in [0.25, 0.3) is 0 Å². The van der Waals surface area contributed by atoms with Crippen molar-refractivity contribution in [2.75, 3.05) is 13.1 Å². The van der Waals surface area contributed by atoms with Gasteiger partial charge in [0, 0.05) is 24.8 Å². The lowest BCUT2D eigenvalue weighted by Gasteiger charge is -2.18. The second-order valence-corrected chi connectivity index (χ2v) is 7.70. The summed E-state index contributed by atoms with van der Waals surface area (Å²) in [5, 5.41) is 16.1. The molecular weight excluding hydrogens is 402 g/mol. The van der Waals surface area contributed by atoms with Crippen molar-refractivity contribution in [2.45, 2.75) is 25.6 Å². The highest BCUT2D eigenvalue weighted by atomic mass is 16.5. The first kappa shape index (κ1) is 20.2. The number of hydrogen-bond acceptors (Lipinski definition) is 6. The zero-order valence-corrected chi connectivity index (χ0v) is 17.7. The summed E-state index contributed by atoms with van der Waals surface area (Å²) in [6, 6.07) is 17.7. The average Bonchev–Trinajstić information content (AvgIpc) is 3.46. The molecule has 0 aliphatic carbocycles. The van der Waals surface area contributed by atoms with Crippen molar-refractivity contribution in [1.29, 1.82) is 0 Å². The van der Waals surface area contributed by atoms with Gasteiger partial charge in [-0.3, -0.25) is 4.90 Å². The molecule has 1 fully saturated rings. The maximum absolute atomic E-state index is 10.2. The standard InChI is InChI=1S/C25H23N5O2/c1-2-6-23(31)29-14-13-19(16-29)30-25-22(15-26-17-27-25)24(28-30)18-9-11-21(12-10-18)32-20-7-4-3-5-8-20/h3-5,7-12,15,17,19,23,31H,13-14,16H2,1H3. The number of aliphatic hydroxyl groups excluding tert-OH is 1. The molecule has 7 heteroatoms. The SMILES string of the molecule is CC#CC(O)N1CCC(n2nc(-c3ccc(Oc4ccccc4)cc3)c3cncnc32)C1. The minimum absolute atomic E-state index is 0.107. The van der Waals surface area contributed by atoms with Gasteiger partial charge in [-0.15, -0.1) is 5.92 Å². The van der Waals surface area contributed by atoms with E-state index in [0.29, 0.717) is 6.54 Å². The van der Waals surface area contributed by atoms with Crippen LogP contribution in [-0.2, 0) is 0 Å². The van der Waals surface area contributed by atoms with Crippen LogP contribution in [0.5, 0.6) is 11.5 Å². The zero-order chi connectivity index (χ0) is 21.9. The Hall–Kier alpha value is -3.73. The van der Waals surface area contributed by atoms with E-state index >= 15 is 0 Å². The second kappa shape index (κ2) is 8.79. The molecule has 0 radical (unpaired) electrons. The van der Waals surface area contributed by atoms with Crippen LogP contribution in [0, 0.1) is 11.8 Å². The summed E-state index contributed by atoms with van der Waals surface area (Å²) < 4.78 is 7.87. The molecule has 0 bridgehead atoms. The Morgan fingerprint density at radius 1 is 1.09 bits per heavy atom. The lowest BCUT2D eigenvalue weighted by molar-refractivity contribution is 0.0663. The van der Waals surface area contributed by atoms with Crippen LogP contribution in [0.2, 0.25) is 0 Å². The molecule has 4 aromatic rings. The first-order chi connectivity index (χ1) is 15.7. The van der Waals surface area contributed by atoms with Crippen molar-refractivity contribution in [3.8, 4) is 34.6 Å². The molecule has 1 saturated heterocycles. The van der Waals surface area contributed by atoms with Crippen LogP contribution in [0.3, 0.4) is 0 Å². The van der Waals surface area contributed by atoms with Gasteiger partial charge in [-0.25, -0.2) is 14.6 Å². The molecule has 1 aliphatic heterocycles. The molecule has 7 nitrogen and oxygen atoms in total. The summed E-state index contributed by atoms with van der Waals surface area (Å²) in [5.41, 5.74) is 2.59. The Kier molecular flexibility index (Phi) is 5.55. The molecule has 0 saturated carbocycles. The van der Waals surface area contributed by atoms with Gasteiger partial charge >= 0.3 is 0 Å². The van der Waals surface area contributed by atoms with Gasteiger partial charge in [-0.05, 0) is 49.7 Å². The van der Waals surface area contributed by atoms with E-state index in [4.69, 9.17) is 9.84 Å². The fourth-order valence-electron chi connectivity index (χ4n) is 4.07. The number of ether oxygens (including phenoxy) is 1. The predicted molar refractivity (Wildman–Crippen MR) is 122 cm³/mol. The van der Waals surface area contributed by atoms with Crippen LogP contribution in [0.15, 0.2) is 67.1 Å². The highest BCUT2D eigenvalue weighted by Gasteiger charge is 2.30. The molecule has 3 heterocycles. The van der Waals surface area contributed by atoms with Crippen LogP contribution >= 0.6 is 0 Å². The summed E-state index contributed by atoms with van der Waals surface area (Å²) in [6.45, 7) is 3.16. The molecular formula is C25H23N5O2. The first-order valence-corrected chi connectivity index (χ1v) is 10.6. The van der Waals surface area contributed by atoms with Crippen LogP contribution < -0.4 is 4.74 Å². The van der Waals surface area contributed by atoms with Crippen LogP contribution in [-0.4, -0.2) is 49.1 Å². The number of hydrogen-bond donors (Lipinski definition) is 1. The van der Waals surface area contributed by atoms with E-state index < -0.39 is 6.23 Å². The number of aromatic nitrogens is 4. The largest absolute Gasteiger partial charge is 0.457 e. The quantitative estimate of drug-likeness (QED) is 0.489. The Bertz CT molecular complexity index is 1270. The summed E-state index contributed by atoms with van der Waals surface area (Å²) in [5.74, 6) is 7.15. The van der Waals surface area contributed by atoms with Crippen LogP contribution in [0.25, 0.3) is 22.3 Å². The van der Waals surface area contributed by atoms with E-state index in [1.165, 1.54) is 0 Å². The van der Waals surface area contributed by atoms with E-state index in [-0.39, 0.29) is 6.04 Å². The Morgan fingerprint density at radius 3 is 2.66 bits per heavy atom. The molecule has 2 aromatic carbocycles. The third kappa shape index (κ3) is 3.94. The van der Waals surface area contributed by atoms with Gasteiger partial charge in [-0.2, -0.15) is 5.10 Å². The topological polar surface area (TPSA) is 76.3 Å². The lowest BCUT2D eigenvalue weighted by atomic mass is 10.1. The second-order valence-electron chi connectivity index (χ2n) is 7.70. The smallest absolute Gasteiger partial charge is 0.170 e. The van der Waals surface area contributed by atoms with Crippen LogP contribution in [0.4, 0.5) is 0 Å². The number of para-hydroxylation sites is 1. The van der Waals surface area contributed by atoms with Crippen molar-refractivity contribution < 1.29 is 9.84 Å². The minimum Gasteiger partial charge on any atom is -0.457 e. The molecule has 2 aromatic heterocycles. The summed E-state index contributed by atoms with van der Waals surface area (Å²) in [6.07, 6.45) is 3.47. The number of aliphatic hydroxyl groups is 1. The monoisotopic (exact) mass is 425 g/mol. The van der Waals surface area contributed by atoms with Crippen LogP contribution in [0.1, 0.15) is 19.4 Å². The Labute approximate surface area is 186 Å². The van der Waals surface area contributed by atoms with E-state index in [9.17, 15) is 5.11 Å². The summed E-state index contributed by atoms with van der Waals surface area (Å²) in [7, 11) is 0. The molecule has 2 atom stereocenters. The molecule has 2 unspecified atom stereocenters. The molecule has 160 valence electrons.